The van der Waals surface area contributed by atoms with Crippen molar-refractivity contribution < 1.29 is 22.5 Å². The van der Waals surface area contributed by atoms with Crippen molar-refractivity contribution in [1.82, 2.24) is 0 Å². The Labute approximate surface area is 121 Å². The zero-order chi connectivity index (χ0) is 14.2. The minimum absolute atomic E-state index is 0.0137. The molecule has 2 unspecified atom stereocenters. The van der Waals surface area contributed by atoms with E-state index in [4.69, 9.17) is 5.11 Å². The fourth-order valence-corrected chi connectivity index (χ4v) is 6.58. The highest BCUT2D eigenvalue weighted by Gasteiger charge is 2.34. The molecule has 0 spiro atoms. The van der Waals surface area contributed by atoms with Gasteiger partial charge in [-0.25, -0.2) is 13.2 Å². The lowest BCUT2D eigenvalue weighted by molar-refractivity contribution is 0.0693. The molecule has 1 aliphatic rings. The number of carbonyl (C=O) groups is 1. The number of benzene rings is 1. The van der Waals surface area contributed by atoms with E-state index < -0.39 is 31.9 Å². The fraction of sp³-hybridized carbons (Fsp3) is 0.364. The molecule has 1 heterocycles. The van der Waals surface area contributed by atoms with Gasteiger partial charge in [-0.05, 0) is 24.6 Å². The summed E-state index contributed by atoms with van der Waals surface area (Å²) in [6.45, 7) is 0. The number of hydrogen-bond acceptors (Lipinski definition) is 4. The van der Waals surface area contributed by atoms with Crippen molar-refractivity contribution in [1.29, 1.82) is 0 Å². The van der Waals surface area contributed by atoms with E-state index in [9.17, 15) is 17.4 Å². The van der Waals surface area contributed by atoms with Crippen LogP contribution in [0.5, 0.6) is 0 Å². The van der Waals surface area contributed by atoms with Crippen molar-refractivity contribution >= 4 is 42.5 Å². The molecule has 0 radical (unpaired) electrons. The summed E-state index contributed by atoms with van der Waals surface area (Å²) < 4.78 is 35.8. The first-order valence-electron chi connectivity index (χ1n) is 5.44. The van der Waals surface area contributed by atoms with Crippen molar-refractivity contribution in [3.05, 3.63) is 28.2 Å². The molecule has 0 bridgehead atoms. The monoisotopic (exact) mass is 366 g/mol. The third kappa shape index (κ3) is 3.24. The van der Waals surface area contributed by atoms with Gasteiger partial charge in [-0.2, -0.15) is 0 Å². The van der Waals surface area contributed by atoms with Crippen molar-refractivity contribution in [3.8, 4) is 0 Å². The van der Waals surface area contributed by atoms with Crippen molar-refractivity contribution in [3.63, 3.8) is 0 Å². The standard InChI is InChI=1S/C11H11BrO5S2/c12-7-1-2-9(11(13)14)10(5-7)18(15)8-3-4-19(16,17)6-8/h1-2,5,8H,3-4,6H2,(H,13,14). The summed E-state index contributed by atoms with van der Waals surface area (Å²) in [4.78, 5) is 11.3. The average molecular weight is 367 g/mol. The molecule has 1 aromatic rings. The lowest BCUT2D eigenvalue weighted by Gasteiger charge is -2.11. The summed E-state index contributed by atoms with van der Waals surface area (Å²) in [6, 6.07) is 4.39. The van der Waals surface area contributed by atoms with Crippen LogP contribution in [-0.4, -0.2) is 40.5 Å². The maximum absolute atomic E-state index is 12.4. The molecule has 2 rings (SSSR count). The summed E-state index contributed by atoms with van der Waals surface area (Å²) in [7, 11) is -4.78. The summed E-state index contributed by atoms with van der Waals surface area (Å²) in [5.74, 6) is -1.30. The van der Waals surface area contributed by atoms with Crippen molar-refractivity contribution in [2.45, 2.75) is 16.6 Å². The fourth-order valence-electron chi connectivity index (χ4n) is 1.95. The predicted molar refractivity (Wildman–Crippen MR) is 74.6 cm³/mol. The Morgan fingerprint density at radius 1 is 1.42 bits per heavy atom. The molecule has 5 nitrogen and oxygen atoms in total. The van der Waals surface area contributed by atoms with Crippen LogP contribution in [0.15, 0.2) is 27.6 Å². The van der Waals surface area contributed by atoms with Gasteiger partial charge in [0.05, 0.1) is 38.0 Å². The lowest BCUT2D eigenvalue weighted by Crippen LogP contribution is -2.19. The van der Waals surface area contributed by atoms with E-state index in [2.05, 4.69) is 15.9 Å². The zero-order valence-corrected chi connectivity index (χ0v) is 12.9. The van der Waals surface area contributed by atoms with Gasteiger partial charge < -0.3 is 5.11 Å². The van der Waals surface area contributed by atoms with Gasteiger partial charge in [-0.15, -0.1) is 0 Å². The normalized spacial score (nSPS) is 23.1. The second kappa shape index (κ2) is 5.34. The average Bonchev–Trinajstić information content (AvgIpc) is 2.68. The Morgan fingerprint density at radius 2 is 2.11 bits per heavy atom. The predicted octanol–water partition coefficient (Wildman–Crippen LogP) is 1.44. The molecule has 0 saturated carbocycles. The van der Waals surface area contributed by atoms with Gasteiger partial charge >= 0.3 is 5.97 Å². The lowest BCUT2D eigenvalue weighted by atomic mass is 10.2. The molecule has 8 heteroatoms. The molecule has 1 saturated heterocycles. The van der Waals surface area contributed by atoms with Gasteiger partial charge in [0.1, 0.15) is 0 Å². The summed E-state index contributed by atoms with van der Waals surface area (Å²) >= 11 is 3.20. The Kier molecular flexibility index (Phi) is 4.12. The van der Waals surface area contributed by atoms with Crippen LogP contribution in [0.3, 0.4) is 0 Å². The van der Waals surface area contributed by atoms with Gasteiger partial charge in [-0.1, -0.05) is 15.9 Å². The quantitative estimate of drug-likeness (QED) is 0.874. The number of halogens is 1. The maximum Gasteiger partial charge on any atom is 0.336 e. The number of carboxylic acid groups (broad SMARTS) is 1. The molecule has 19 heavy (non-hydrogen) atoms. The van der Waals surface area contributed by atoms with Crippen LogP contribution in [-0.2, 0) is 20.6 Å². The van der Waals surface area contributed by atoms with Crippen molar-refractivity contribution in [2.24, 2.45) is 0 Å². The third-order valence-corrected chi connectivity index (χ3v) is 7.14. The highest BCUT2D eigenvalue weighted by atomic mass is 79.9. The van der Waals surface area contributed by atoms with E-state index in [0.29, 0.717) is 10.9 Å². The molecular formula is C11H11BrO5S2. The topological polar surface area (TPSA) is 88.5 Å². The van der Waals surface area contributed by atoms with Crippen LogP contribution in [0, 0.1) is 0 Å². The number of rotatable bonds is 3. The molecule has 0 amide bonds. The molecule has 1 N–H and O–H groups in total. The third-order valence-electron chi connectivity index (χ3n) is 2.88. The van der Waals surface area contributed by atoms with Gasteiger partial charge in [0, 0.05) is 4.47 Å². The van der Waals surface area contributed by atoms with E-state index in [1.54, 1.807) is 6.07 Å². The van der Waals surface area contributed by atoms with Crippen LogP contribution in [0.25, 0.3) is 0 Å². The largest absolute Gasteiger partial charge is 0.478 e. The van der Waals surface area contributed by atoms with Crippen LogP contribution < -0.4 is 0 Å². The van der Waals surface area contributed by atoms with Crippen LogP contribution in [0.2, 0.25) is 0 Å². The minimum atomic E-state index is -3.14. The first-order chi connectivity index (χ1) is 8.80. The molecule has 104 valence electrons. The Bertz CT molecular complexity index is 653. The smallest absolute Gasteiger partial charge is 0.336 e. The Morgan fingerprint density at radius 3 is 2.63 bits per heavy atom. The summed E-state index contributed by atoms with van der Waals surface area (Å²) in [6.07, 6.45) is 0.306. The highest BCUT2D eigenvalue weighted by molar-refractivity contribution is 9.10. The number of sulfone groups is 1. The summed E-state index contributed by atoms with van der Waals surface area (Å²) in [5.41, 5.74) is -0.0502. The zero-order valence-electron chi connectivity index (χ0n) is 9.71. The molecular weight excluding hydrogens is 356 g/mol. The van der Waals surface area contributed by atoms with Crippen LogP contribution in [0.1, 0.15) is 16.8 Å². The molecule has 2 atom stereocenters. The minimum Gasteiger partial charge on any atom is -0.478 e. The van der Waals surface area contributed by atoms with E-state index in [1.165, 1.54) is 12.1 Å². The van der Waals surface area contributed by atoms with E-state index in [0.717, 1.165) is 0 Å². The summed E-state index contributed by atoms with van der Waals surface area (Å²) in [5, 5.41) is 8.55. The van der Waals surface area contributed by atoms with Gasteiger partial charge in [0.15, 0.2) is 9.84 Å². The molecule has 1 fully saturated rings. The number of aromatic carboxylic acids is 1. The van der Waals surface area contributed by atoms with Gasteiger partial charge in [0.2, 0.25) is 0 Å². The SMILES string of the molecule is O=C(O)c1ccc(Br)cc1S(=O)C1CCS(=O)(=O)C1. The van der Waals surface area contributed by atoms with Crippen molar-refractivity contribution in [2.75, 3.05) is 11.5 Å². The first-order valence-corrected chi connectivity index (χ1v) is 9.27. The molecule has 1 aromatic carbocycles. The molecule has 0 aliphatic carbocycles. The molecule has 0 aromatic heterocycles. The first kappa shape index (κ1) is 14.7. The van der Waals surface area contributed by atoms with E-state index in [1.807, 2.05) is 0 Å². The number of carboxylic acids is 1. The maximum atomic E-state index is 12.4. The van der Waals surface area contributed by atoms with E-state index >= 15 is 0 Å². The second-order valence-electron chi connectivity index (χ2n) is 4.27. The van der Waals surface area contributed by atoms with Gasteiger partial charge in [0.25, 0.3) is 0 Å². The Hall–Kier alpha value is -0.730. The van der Waals surface area contributed by atoms with Crippen LogP contribution in [0.4, 0.5) is 0 Å². The van der Waals surface area contributed by atoms with Gasteiger partial charge in [-0.3, -0.25) is 4.21 Å². The second-order valence-corrected chi connectivity index (χ2v) is 9.11. The highest BCUT2D eigenvalue weighted by Crippen LogP contribution is 2.26. The number of hydrogen-bond donors (Lipinski definition) is 1. The van der Waals surface area contributed by atoms with Crippen LogP contribution >= 0.6 is 15.9 Å². The molecule has 1 aliphatic heterocycles. The Balaban J connectivity index is 2.39. The van der Waals surface area contributed by atoms with E-state index in [-0.39, 0.29) is 22.0 Å².